The van der Waals surface area contributed by atoms with Crippen LogP contribution in [0.2, 0.25) is 0 Å². The van der Waals surface area contributed by atoms with Crippen molar-refractivity contribution in [3.63, 3.8) is 0 Å². The second kappa shape index (κ2) is 4.87. The fourth-order valence-corrected chi connectivity index (χ4v) is 2.59. The summed E-state index contributed by atoms with van der Waals surface area (Å²) in [6, 6.07) is 21.4. The van der Waals surface area contributed by atoms with Gasteiger partial charge in [0, 0.05) is 6.54 Å². The van der Waals surface area contributed by atoms with Crippen molar-refractivity contribution in [1.82, 2.24) is 0 Å². The molecule has 0 aliphatic heterocycles. The van der Waals surface area contributed by atoms with E-state index in [1.807, 2.05) is 0 Å². The van der Waals surface area contributed by atoms with Crippen LogP contribution in [0.4, 0.5) is 0 Å². The molecule has 0 aromatic heterocycles. The van der Waals surface area contributed by atoms with Gasteiger partial charge < -0.3 is 5.73 Å². The predicted octanol–water partition coefficient (Wildman–Crippen LogP) is 4.27. The molecular formula is C18H17N. The molecule has 0 radical (unpaired) electrons. The lowest BCUT2D eigenvalue weighted by atomic mass is 9.95. The van der Waals surface area contributed by atoms with Crippen molar-refractivity contribution >= 4 is 10.8 Å². The summed E-state index contributed by atoms with van der Waals surface area (Å²) in [5.41, 5.74) is 10.7. The highest BCUT2D eigenvalue weighted by molar-refractivity contribution is 5.98. The monoisotopic (exact) mass is 247 g/mol. The van der Waals surface area contributed by atoms with Gasteiger partial charge in [-0.15, -0.1) is 0 Å². The van der Waals surface area contributed by atoms with Crippen LogP contribution in [-0.4, -0.2) is 0 Å². The highest BCUT2D eigenvalue weighted by Crippen LogP contribution is 2.31. The molecule has 0 aliphatic carbocycles. The maximum Gasteiger partial charge on any atom is 0.0178 e. The maximum absolute atomic E-state index is 5.65. The molecule has 0 heterocycles. The molecular weight excluding hydrogens is 230 g/mol. The van der Waals surface area contributed by atoms with E-state index >= 15 is 0 Å². The number of benzene rings is 3. The predicted molar refractivity (Wildman–Crippen MR) is 82.0 cm³/mol. The van der Waals surface area contributed by atoms with Gasteiger partial charge in [0.15, 0.2) is 0 Å². The summed E-state index contributed by atoms with van der Waals surface area (Å²) in [5, 5.41) is 2.63. The van der Waals surface area contributed by atoms with Crippen LogP contribution in [0.15, 0.2) is 60.7 Å². The third-order valence-corrected chi connectivity index (χ3v) is 3.61. The summed E-state index contributed by atoms with van der Waals surface area (Å²) in [5.74, 6) is 0. The molecule has 3 aromatic rings. The van der Waals surface area contributed by atoms with E-state index < -0.39 is 0 Å². The fourth-order valence-electron chi connectivity index (χ4n) is 2.59. The zero-order chi connectivity index (χ0) is 13.2. The highest BCUT2D eigenvalue weighted by Gasteiger charge is 2.05. The van der Waals surface area contributed by atoms with Crippen molar-refractivity contribution in [3.8, 4) is 11.1 Å². The van der Waals surface area contributed by atoms with Crippen LogP contribution in [0.5, 0.6) is 0 Å². The molecule has 3 aromatic carbocycles. The fraction of sp³-hybridized carbons (Fsp3) is 0.111. The van der Waals surface area contributed by atoms with E-state index in [4.69, 9.17) is 5.73 Å². The van der Waals surface area contributed by atoms with Gasteiger partial charge in [0.25, 0.3) is 0 Å². The molecule has 1 heteroatoms. The van der Waals surface area contributed by atoms with Crippen LogP contribution >= 0.6 is 0 Å². The number of hydrogen-bond donors (Lipinski definition) is 1. The molecule has 0 unspecified atom stereocenters. The van der Waals surface area contributed by atoms with Crippen molar-refractivity contribution in [3.05, 3.63) is 71.8 Å². The Hall–Kier alpha value is -2.12. The molecule has 0 saturated carbocycles. The Balaban J connectivity index is 2.24. The summed E-state index contributed by atoms with van der Waals surface area (Å²) < 4.78 is 0. The second-order valence-corrected chi connectivity index (χ2v) is 4.88. The van der Waals surface area contributed by atoms with Gasteiger partial charge in [0.2, 0.25) is 0 Å². The van der Waals surface area contributed by atoms with Crippen LogP contribution in [-0.2, 0) is 6.54 Å². The molecule has 1 nitrogen and oxygen atoms in total. The topological polar surface area (TPSA) is 26.0 Å². The Labute approximate surface area is 113 Å². The van der Waals surface area contributed by atoms with Crippen molar-refractivity contribution in [2.24, 2.45) is 5.73 Å². The minimum Gasteiger partial charge on any atom is -0.326 e. The van der Waals surface area contributed by atoms with Crippen LogP contribution in [0.3, 0.4) is 0 Å². The minimum absolute atomic E-state index is 0.592. The highest BCUT2D eigenvalue weighted by atomic mass is 14.5. The standard InChI is InChI=1S/C18H17N/c1-13-4-2-5-16-6-3-7-17(18(13)16)15-10-8-14(12-19)9-11-15/h2-11H,12,19H2,1H3. The van der Waals surface area contributed by atoms with Crippen LogP contribution in [0.25, 0.3) is 21.9 Å². The van der Waals surface area contributed by atoms with Crippen LogP contribution in [0.1, 0.15) is 11.1 Å². The Morgan fingerprint density at radius 3 is 2.21 bits per heavy atom. The van der Waals surface area contributed by atoms with Gasteiger partial charge in [-0.25, -0.2) is 0 Å². The average Bonchev–Trinajstić information content (AvgIpc) is 2.47. The Morgan fingerprint density at radius 2 is 1.53 bits per heavy atom. The van der Waals surface area contributed by atoms with E-state index in [2.05, 4.69) is 67.6 Å². The molecule has 2 N–H and O–H groups in total. The van der Waals surface area contributed by atoms with E-state index in [1.165, 1.54) is 33.0 Å². The zero-order valence-electron chi connectivity index (χ0n) is 11.1. The van der Waals surface area contributed by atoms with Gasteiger partial charge in [-0.05, 0) is 39.9 Å². The first-order valence-electron chi connectivity index (χ1n) is 6.57. The van der Waals surface area contributed by atoms with Crippen molar-refractivity contribution in [2.75, 3.05) is 0 Å². The summed E-state index contributed by atoms with van der Waals surface area (Å²) in [6.07, 6.45) is 0. The lowest BCUT2D eigenvalue weighted by Crippen LogP contribution is -1.95. The number of aryl methyl sites for hydroxylation is 1. The second-order valence-electron chi connectivity index (χ2n) is 4.88. The normalized spacial score (nSPS) is 10.8. The lowest BCUT2D eigenvalue weighted by Gasteiger charge is -2.10. The first-order valence-corrected chi connectivity index (χ1v) is 6.57. The molecule has 0 saturated heterocycles. The summed E-state index contributed by atoms with van der Waals surface area (Å²) in [7, 11) is 0. The molecule has 3 rings (SSSR count). The minimum atomic E-state index is 0.592. The van der Waals surface area contributed by atoms with Gasteiger partial charge in [-0.3, -0.25) is 0 Å². The SMILES string of the molecule is Cc1cccc2cccc(-c3ccc(CN)cc3)c12. The number of nitrogens with two attached hydrogens (primary N) is 1. The van der Waals surface area contributed by atoms with E-state index in [9.17, 15) is 0 Å². The van der Waals surface area contributed by atoms with Gasteiger partial charge in [-0.1, -0.05) is 60.7 Å². The molecule has 0 spiro atoms. The molecule has 19 heavy (non-hydrogen) atoms. The van der Waals surface area contributed by atoms with Crippen molar-refractivity contribution in [1.29, 1.82) is 0 Å². The molecule has 0 fully saturated rings. The third kappa shape index (κ3) is 2.13. The van der Waals surface area contributed by atoms with Gasteiger partial charge in [0.1, 0.15) is 0 Å². The van der Waals surface area contributed by atoms with Crippen LogP contribution < -0.4 is 5.73 Å². The molecule has 0 aliphatic rings. The van der Waals surface area contributed by atoms with Gasteiger partial charge in [0.05, 0.1) is 0 Å². The zero-order valence-corrected chi connectivity index (χ0v) is 11.1. The first kappa shape index (κ1) is 11.9. The number of fused-ring (bicyclic) bond motifs is 1. The van der Waals surface area contributed by atoms with Crippen LogP contribution in [0, 0.1) is 6.92 Å². The van der Waals surface area contributed by atoms with Gasteiger partial charge in [-0.2, -0.15) is 0 Å². The van der Waals surface area contributed by atoms with E-state index in [1.54, 1.807) is 0 Å². The quantitative estimate of drug-likeness (QED) is 0.719. The maximum atomic E-state index is 5.65. The van der Waals surface area contributed by atoms with E-state index in [0.29, 0.717) is 6.54 Å². The summed E-state index contributed by atoms with van der Waals surface area (Å²) >= 11 is 0. The Morgan fingerprint density at radius 1 is 0.842 bits per heavy atom. The first-order chi connectivity index (χ1) is 9.29. The lowest BCUT2D eigenvalue weighted by molar-refractivity contribution is 1.07. The smallest absolute Gasteiger partial charge is 0.0178 e. The van der Waals surface area contributed by atoms with E-state index in [-0.39, 0.29) is 0 Å². The number of rotatable bonds is 2. The van der Waals surface area contributed by atoms with Crippen molar-refractivity contribution < 1.29 is 0 Å². The molecule has 0 atom stereocenters. The molecule has 0 bridgehead atoms. The molecule has 94 valence electrons. The third-order valence-electron chi connectivity index (χ3n) is 3.61. The average molecular weight is 247 g/mol. The molecule has 0 amide bonds. The largest absolute Gasteiger partial charge is 0.326 e. The van der Waals surface area contributed by atoms with Crippen molar-refractivity contribution in [2.45, 2.75) is 13.5 Å². The summed E-state index contributed by atoms with van der Waals surface area (Å²) in [4.78, 5) is 0. The van der Waals surface area contributed by atoms with E-state index in [0.717, 1.165) is 0 Å². The summed E-state index contributed by atoms with van der Waals surface area (Å²) in [6.45, 7) is 2.76. The van der Waals surface area contributed by atoms with Gasteiger partial charge >= 0.3 is 0 Å². The Kier molecular flexibility index (Phi) is 3.06. The Bertz CT molecular complexity index is 706. The number of hydrogen-bond acceptors (Lipinski definition) is 1.